The molecule has 1 aliphatic rings. The number of anilines is 1. The van der Waals surface area contributed by atoms with Gasteiger partial charge in [0.25, 0.3) is 0 Å². The standard InChI is InChI=1S/C13H17F2N5/c14-8-5-6-11(10(15)7-8)19-13(17)20-12(16)18-9-3-1-2-4-9/h5-7,9H,1-4H2,(H5,16,17,18,19,20). The van der Waals surface area contributed by atoms with E-state index in [0.717, 1.165) is 37.8 Å². The summed E-state index contributed by atoms with van der Waals surface area (Å²) in [5.41, 5.74) is 11.3. The van der Waals surface area contributed by atoms with E-state index >= 15 is 0 Å². The summed E-state index contributed by atoms with van der Waals surface area (Å²) in [5, 5.41) is 2.52. The molecule has 0 atom stereocenters. The predicted octanol–water partition coefficient (Wildman–Crippen LogP) is 1.95. The SMILES string of the molecule is NC(=NC1CCCC1)N=C(N)Nc1ccc(F)cc1F. The fourth-order valence-electron chi connectivity index (χ4n) is 2.13. The van der Waals surface area contributed by atoms with Gasteiger partial charge in [0.05, 0.1) is 11.7 Å². The van der Waals surface area contributed by atoms with E-state index in [1.54, 1.807) is 0 Å². The van der Waals surface area contributed by atoms with Crippen LogP contribution in [0.2, 0.25) is 0 Å². The molecule has 1 fully saturated rings. The van der Waals surface area contributed by atoms with Gasteiger partial charge in [0.15, 0.2) is 0 Å². The van der Waals surface area contributed by atoms with E-state index in [-0.39, 0.29) is 23.6 Å². The number of halogens is 2. The predicted molar refractivity (Wildman–Crippen MR) is 75.5 cm³/mol. The second kappa shape index (κ2) is 6.31. The number of rotatable bonds is 2. The Hall–Kier alpha value is -2.18. The maximum atomic E-state index is 13.4. The second-order valence-corrected chi connectivity index (χ2v) is 4.67. The average Bonchev–Trinajstić information content (AvgIpc) is 2.85. The van der Waals surface area contributed by atoms with Crippen LogP contribution in [-0.2, 0) is 0 Å². The van der Waals surface area contributed by atoms with Crippen LogP contribution in [0.5, 0.6) is 0 Å². The number of guanidine groups is 2. The van der Waals surface area contributed by atoms with Gasteiger partial charge in [0.1, 0.15) is 11.6 Å². The molecule has 0 spiro atoms. The Kier molecular flexibility index (Phi) is 4.49. The van der Waals surface area contributed by atoms with Crippen LogP contribution in [0.4, 0.5) is 14.5 Å². The molecular formula is C13H17F2N5. The molecule has 20 heavy (non-hydrogen) atoms. The molecule has 0 radical (unpaired) electrons. The Morgan fingerprint density at radius 2 is 1.90 bits per heavy atom. The van der Waals surface area contributed by atoms with Crippen molar-refractivity contribution >= 4 is 17.6 Å². The molecule has 0 amide bonds. The first-order valence-electron chi connectivity index (χ1n) is 6.44. The fraction of sp³-hybridized carbons (Fsp3) is 0.385. The molecular weight excluding hydrogens is 264 g/mol. The minimum absolute atomic E-state index is 0.0290. The minimum atomic E-state index is -0.755. The van der Waals surface area contributed by atoms with E-state index in [1.165, 1.54) is 6.07 Å². The quantitative estimate of drug-likeness (QED) is 0.572. The number of hydrogen-bond donors (Lipinski definition) is 3. The van der Waals surface area contributed by atoms with Crippen LogP contribution in [-0.4, -0.2) is 18.0 Å². The van der Waals surface area contributed by atoms with E-state index in [9.17, 15) is 8.78 Å². The molecule has 0 heterocycles. The zero-order chi connectivity index (χ0) is 14.5. The van der Waals surface area contributed by atoms with Gasteiger partial charge >= 0.3 is 0 Å². The molecule has 7 heteroatoms. The van der Waals surface area contributed by atoms with Crippen LogP contribution in [0.25, 0.3) is 0 Å². The summed E-state index contributed by atoms with van der Waals surface area (Å²) < 4.78 is 26.2. The second-order valence-electron chi connectivity index (χ2n) is 4.67. The molecule has 0 bridgehead atoms. The minimum Gasteiger partial charge on any atom is -0.369 e. The summed E-state index contributed by atoms with van der Waals surface area (Å²) in [6.45, 7) is 0. The lowest BCUT2D eigenvalue weighted by atomic mass is 10.3. The summed E-state index contributed by atoms with van der Waals surface area (Å²) in [5.74, 6) is -1.44. The van der Waals surface area contributed by atoms with Gasteiger partial charge in [0.2, 0.25) is 11.9 Å². The Balaban J connectivity index is 2.02. The van der Waals surface area contributed by atoms with Gasteiger partial charge in [-0.15, -0.1) is 0 Å². The summed E-state index contributed by atoms with van der Waals surface area (Å²) in [7, 11) is 0. The fourth-order valence-corrected chi connectivity index (χ4v) is 2.13. The van der Waals surface area contributed by atoms with Crippen LogP contribution in [0.3, 0.4) is 0 Å². The number of benzene rings is 1. The first-order chi connectivity index (χ1) is 9.54. The van der Waals surface area contributed by atoms with Gasteiger partial charge in [-0.05, 0) is 25.0 Å². The molecule has 1 aromatic carbocycles. The number of nitrogens with one attached hydrogen (secondary N) is 1. The average molecular weight is 281 g/mol. The summed E-state index contributed by atoms with van der Waals surface area (Å²) in [4.78, 5) is 8.08. The highest BCUT2D eigenvalue weighted by Crippen LogP contribution is 2.20. The first-order valence-corrected chi connectivity index (χ1v) is 6.44. The molecule has 1 aliphatic carbocycles. The van der Waals surface area contributed by atoms with E-state index in [1.807, 2.05) is 0 Å². The summed E-state index contributed by atoms with van der Waals surface area (Å²) >= 11 is 0. The molecule has 0 aromatic heterocycles. The van der Waals surface area contributed by atoms with Gasteiger partial charge in [-0.25, -0.2) is 13.8 Å². The zero-order valence-electron chi connectivity index (χ0n) is 10.9. The zero-order valence-corrected chi connectivity index (χ0v) is 10.9. The lowest BCUT2D eigenvalue weighted by molar-refractivity contribution is 0.586. The molecule has 1 aromatic rings. The Labute approximate surface area is 115 Å². The van der Waals surface area contributed by atoms with Crippen molar-refractivity contribution in [2.75, 3.05) is 5.32 Å². The van der Waals surface area contributed by atoms with E-state index in [0.29, 0.717) is 0 Å². The topological polar surface area (TPSA) is 88.8 Å². The Morgan fingerprint density at radius 3 is 2.55 bits per heavy atom. The van der Waals surface area contributed by atoms with Crippen molar-refractivity contribution in [3.63, 3.8) is 0 Å². The molecule has 0 saturated heterocycles. The van der Waals surface area contributed by atoms with Crippen molar-refractivity contribution in [1.82, 2.24) is 0 Å². The molecule has 0 aliphatic heterocycles. The van der Waals surface area contributed by atoms with Crippen LogP contribution in [0, 0.1) is 11.6 Å². The normalized spacial score (nSPS) is 17.5. The monoisotopic (exact) mass is 281 g/mol. The third-order valence-electron chi connectivity index (χ3n) is 3.07. The van der Waals surface area contributed by atoms with Crippen LogP contribution in [0.15, 0.2) is 28.2 Å². The van der Waals surface area contributed by atoms with Crippen molar-refractivity contribution < 1.29 is 8.78 Å². The highest BCUT2D eigenvalue weighted by atomic mass is 19.1. The summed E-state index contributed by atoms with van der Waals surface area (Å²) in [6.07, 6.45) is 4.27. The molecule has 2 rings (SSSR count). The third-order valence-corrected chi connectivity index (χ3v) is 3.07. The van der Waals surface area contributed by atoms with E-state index < -0.39 is 11.6 Å². The smallest absolute Gasteiger partial charge is 0.218 e. The number of nitrogens with zero attached hydrogens (tertiary/aromatic N) is 2. The molecule has 0 unspecified atom stereocenters. The Morgan fingerprint density at radius 1 is 1.20 bits per heavy atom. The molecule has 5 nitrogen and oxygen atoms in total. The molecule has 1 saturated carbocycles. The maximum Gasteiger partial charge on any atom is 0.218 e. The van der Waals surface area contributed by atoms with Gasteiger partial charge in [-0.1, -0.05) is 12.8 Å². The number of hydrogen-bond acceptors (Lipinski definition) is 1. The van der Waals surface area contributed by atoms with Crippen LogP contribution in [0.1, 0.15) is 25.7 Å². The lowest BCUT2D eigenvalue weighted by Gasteiger charge is -2.07. The molecule has 5 N–H and O–H groups in total. The maximum absolute atomic E-state index is 13.4. The Bertz CT molecular complexity index is 536. The first kappa shape index (κ1) is 14.2. The number of nitrogens with two attached hydrogens (primary N) is 2. The van der Waals surface area contributed by atoms with Gasteiger partial charge in [0, 0.05) is 6.07 Å². The highest BCUT2D eigenvalue weighted by molar-refractivity contribution is 6.00. The van der Waals surface area contributed by atoms with Crippen molar-refractivity contribution in [2.45, 2.75) is 31.7 Å². The van der Waals surface area contributed by atoms with Crippen LogP contribution < -0.4 is 16.8 Å². The van der Waals surface area contributed by atoms with Gasteiger partial charge in [-0.2, -0.15) is 4.99 Å². The van der Waals surface area contributed by atoms with Crippen molar-refractivity contribution in [1.29, 1.82) is 0 Å². The lowest BCUT2D eigenvalue weighted by Crippen LogP contribution is -2.27. The largest absolute Gasteiger partial charge is 0.369 e. The van der Waals surface area contributed by atoms with Gasteiger partial charge < -0.3 is 16.8 Å². The third kappa shape index (κ3) is 3.91. The van der Waals surface area contributed by atoms with Crippen molar-refractivity contribution in [3.05, 3.63) is 29.8 Å². The molecule has 108 valence electrons. The van der Waals surface area contributed by atoms with E-state index in [4.69, 9.17) is 11.5 Å². The van der Waals surface area contributed by atoms with E-state index in [2.05, 4.69) is 15.3 Å². The summed E-state index contributed by atoms with van der Waals surface area (Å²) in [6, 6.07) is 3.30. The highest BCUT2D eigenvalue weighted by Gasteiger charge is 2.14. The van der Waals surface area contributed by atoms with Gasteiger partial charge in [-0.3, -0.25) is 0 Å². The number of aliphatic imine (C=N–C) groups is 2. The van der Waals surface area contributed by atoms with Crippen molar-refractivity contribution in [3.8, 4) is 0 Å². The van der Waals surface area contributed by atoms with Crippen molar-refractivity contribution in [2.24, 2.45) is 21.5 Å². The van der Waals surface area contributed by atoms with Crippen LogP contribution >= 0.6 is 0 Å².